The van der Waals surface area contributed by atoms with Gasteiger partial charge in [0.15, 0.2) is 11.5 Å². The van der Waals surface area contributed by atoms with Crippen molar-refractivity contribution in [2.24, 2.45) is 0 Å². The fraction of sp³-hybridized carbons (Fsp3) is 0.667. The van der Waals surface area contributed by atoms with Gasteiger partial charge < -0.3 is 14.8 Å². The Morgan fingerprint density at radius 1 is 0.857 bits per heavy atom. The van der Waals surface area contributed by atoms with E-state index in [4.69, 9.17) is 9.47 Å². The van der Waals surface area contributed by atoms with Crippen molar-refractivity contribution in [2.75, 3.05) is 20.8 Å². The summed E-state index contributed by atoms with van der Waals surface area (Å²) >= 11 is 0. The lowest BCUT2D eigenvalue weighted by atomic mass is 10.1. The van der Waals surface area contributed by atoms with Crippen LogP contribution in [0, 0.1) is 0 Å². The minimum Gasteiger partial charge on any atom is -0.493 e. The molecule has 3 nitrogen and oxygen atoms in total. The number of hydrogen-bond acceptors (Lipinski definition) is 3. The van der Waals surface area contributed by atoms with Gasteiger partial charge in [0.05, 0.1) is 14.2 Å². The summed E-state index contributed by atoms with van der Waals surface area (Å²) in [7, 11) is 3.34. The van der Waals surface area contributed by atoms with Gasteiger partial charge in [-0.3, -0.25) is 0 Å². The molecule has 1 N–H and O–H groups in total. The van der Waals surface area contributed by atoms with Gasteiger partial charge in [-0.15, -0.1) is 0 Å². The first-order valence-electron chi connectivity index (χ1n) is 8.23. The van der Waals surface area contributed by atoms with E-state index in [-0.39, 0.29) is 0 Å². The summed E-state index contributed by atoms with van der Waals surface area (Å²) in [5, 5.41) is 3.50. The minimum absolute atomic E-state index is 0.785. The zero-order valence-electron chi connectivity index (χ0n) is 13.9. The third-order valence-electron chi connectivity index (χ3n) is 3.73. The van der Waals surface area contributed by atoms with Gasteiger partial charge in [-0.05, 0) is 30.7 Å². The van der Waals surface area contributed by atoms with E-state index in [9.17, 15) is 0 Å². The number of nitrogens with one attached hydrogen (secondary N) is 1. The van der Waals surface area contributed by atoms with Crippen LogP contribution in [0.2, 0.25) is 0 Å². The second-order valence-electron chi connectivity index (χ2n) is 5.49. The Balaban J connectivity index is 2.12. The highest BCUT2D eigenvalue weighted by Gasteiger charge is 2.03. The van der Waals surface area contributed by atoms with Crippen LogP contribution in [-0.4, -0.2) is 20.8 Å². The summed E-state index contributed by atoms with van der Waals surface area (Å²) in [6, 6.07) is 6.08. The average molecular weight is 293 g/mol. The second-order valence-corrected chi connectivity index (χ2v) is 5.49. The quantitative estimate of drug-likeness (QED) is 0.574. The molecular weight excluding hydrogens is 262 g/mol. The lowest BCUT2D eigenvalue weighted by Crippen LogP contribution is -2.14. The molecule has 0 radical (unpaired) electrons. The van der Waals surface area contributed by atoms with Crippen molar-refractivity contribution in [3.8, 4) is 11.5 Å². The lowest BCUT2D eigenvalue weighted by molar-refractivity contribution is 0.354. The maximum atomic E-state index is 5.32. The van der Waals surface area contributed by atoms with Crippen molar-refractivity contribution >= 4 is 0 Å². The highest BCUT2D eigenvalue weighted by Crippen LogP contribution is 2.27. The summed E-state index contributed by atoms with van der Waals surface area (Å²) in [6.07, 6.45) is 9.48. The molecule has 1 aromatic rings. The Morgan fingerprint density at radius 2 is 1.52 bits per heavy atom. The van der Waals surface area contributed by atoms with Crippen LogP contribution in [0.5, 0.6) is 11.5 Å². The van der Waals surface area contributed by atoms with Crippen LogP contribution in [0.4, 0.5) is 0 Å². The van der Waals surface area contributed by atoms with Crippen LogP contribution < -0.4 is 14.8 Å². The van der Waals surface area contributed by atoms with E-state index in [1.807, 2.05) is 12.1 Å². The van der Waals surface area contributed by atoms with Crippen LogP contribution in [0.3, 0.4) is 0 Å². The van der Waals surface area contributed by atoms with Gasteiger partial charge in [0, 0.05) is 6.54 Å². The maximum Gasteiger partial charge on any atom is 0.161 e. The van der Waals surface area contributed by atoms with Crippen LogP contribution in [0.15, 0.2) is 18.2 Å². The third kappa shape index (κ3) is 7.37. The van der Waals surface area contributed by atoms with Crippen molar-refractivity contribution < 1.29 is 9.47 Å². The van der Waals surface area contributed by atoms with Crippen molar-refractivity contribution in [1.82, 2.24) is 5.32 Å². The Bertz CT molecular complexity index is 379. The largest absolute Gasteiger partial charge is 0.493 e. The molecule has 0 saturated heterocycles. The fourth-order valence-electron chi connectivity index (χ4n) is 2.43. The van der Waals surface area contributed by atoms with E-state index in [0.29, 0.717) is 0 Å². The molecule has 0 bridgehead atoms. The summed E-state index contributed by atoms with van der Waals surface area (Å²) < 4.78 is 10.6. The molecule has 0 fully saturated rings. The Hall–Kier alpha value is -1.22. The zero-order chi connectivity index (χ0) is 15.3. The standard InChI is InChI=1S/C18H31NO2/c1-4-5-6-7-8-9-10-13-19-15-16-11-12-17(20-2)18(14-16)21-3/h11-12,14,19H,4-10,13,15H2,1-3H3. The summed E-state index contributed by atoms with van der Waals surface area (Å²) in [5.74, 6) is 1.58. The molecule has 0 unspecified atom stereocenters. The molecule has 1 aromatic carbocycles. The number of unbranched alkanes of at least 4 members (excludes halogenated alkanes) is 6. The van der Waals surface area contributed by atoms with Gasteiger partial charge in [-0.1, -0.05) is 51.5 Å². The number of rotatable bonds is 12. The predicted octanol–water partition coefficient (Wildman–Crippen LogP) is 4.54. The molecule has 0 spiro atoms. The molecular formula is C18H31NO2. The van der Waals surface area contributed by atoms with Crippen LogP contribution in [0.25, 0.3) is 0 Å². The molecule has 0 heterocycles. The van der Waals surface area contributed by atoms with Gasteiger partial charge >= 0.3 is 0 Å². The van der Waals surface area contributed by atoms with Gasteiger partial charge in [0.1, 0.15) is 0 Å². The smallest absolute Gasteiger partial charge is 0.161 e. The van der Waals surface area contributed by atoms with Gasteiger partial charge in [-0.2, -0.15) is 0 Å². The Labute approximate surface area is 130 Å². The number of ether oxygens (including phenoxy) is 2. The lowest BCUT2D eigenvalue weighted by Gasteiger charge is -2.10. The van der Waals surface area contributed by atoms with Crippen LogP contribution in [-0.2, 0) is 6.54 Å². The van der Waals surface area contributed by atoms with Crippen molar-refractivity contribution in [2.45, 2.75) is 58.4 Å². The Morgan fingerprint density at radius 3 is 2.19 bits per heavy atom. The first-order chi connectivity index (χ1) is 10.3. The molecule has 1 rings (SSSR count). The van der Waals surface area contributed by atoms with E-state index in [0.717, 1.165) is 24.6 Å². The van der Waals surface area contributed by atoms with E-state index in [1.165, 1.54) is 50.5 Å². The monoisotopic (exact) mass is 293 g/mol. The van der Waals surface area contributed by atoms with Crippen molar-refractivity contribution in [3.05, 3.63) is 23.8 Å². The van der Waals surface area contributed by atoms with E-state index in [1.54, 1.807) is 14.2 Å². The van der Waals surface area contributed by atoms with Gasteiger partial charge in [0.25, 0.3) is 0 Å². The summed E-state index contributed by atoms with van der Waals surface area (Å²) in [6.45, 7) is 4.23. The molecule has 0 amide bonds. The predicted molar refractivity (Wildman–Crippen MR) is 89.2 cm³/mol. The molecule has 120 valence electrons. The number of hydrogen-bond donors (Lipinski definition) is 1. The van der Waals surface area contributed by atoms with Crippen molar-refractivity contribution in [3.63, 3.8) is 0 Å². The zero-order valence-corrected chi connectivity index (χ0v) is 13.9. The van der Waals surface area contributed by atoms with E-state index >= 15 is 0 Å². The second kappa shape index (κ2) is 11.4. The molecule has 0 atom stereocenters. The van der Waals surface area contributed by atoms with E-state index < -0.39 is 0 Å². The highest BCUT2D eigenvalue weighted by molar-refractivity contribution is 5.42. The topological polar surface area (TPSA) is 30.5 Å². The molecule has 0 aliphatic rings. The normalized spacial score (nSPS) is 10.6. The Kier molecular flexibility index (Phi) is 9.71. The summed E-state index contributed by atoms with van der Waals surface area (Å²) in [5.41, 5.74) is 1.23. The van der Waals surface area contributed by atoms with Gasteiger partial charge in [0.2, 0.25) is 0 Å². The SMILES string of the molecule is CCCCCCCCCNCc1ccc(OC)c(OC)c1. The molecule has 21 heavy (non-hydrogen) atoms. The molecule has 0 aliphatic heterocycles. The minimum atomic E-state index is 0.785. The van der Waals surface area contributed by atoms with E-state index in [2.05, 4.69) is 18.3 Å². The molecule has 3 heteroatoms. The number of methoxy groups -OCH3 is 2. The fourth-order valence-corrected chi connectivity index (χ4v) is 2.43. The maximum absolute atomic E-state index is 5.32. The third-order valence-corrected chi connectivity index (χ3v) is 3.73. The number of benzene rings is 1. The molecule has 0 aliphatic carbocycles. The van der Waals surface area contributed by atoms with Crippen LogP contribution >= 0.6 is 0 Å². The first-order valence-corrected chi connectivity index (χ1v) is 8.23. The molecule has 0 saturated carbocycles. The highest BCUT2D eigenvalue weighted by atomic mass is 16.5. The first kappa shape index (κ1) is 17.8. The summed E-state index contributed by atoms with van der Waals surface area (Å²) in [4.78, 5) is 0. The van der Waals surface area contributed by atoms with Crippen LogP contribution in [0.1, 0.15) is 57.4 Å². The van der Waals surface area contributed by atoms with Gasteiger partial charge in [-0.25, -0.2) is 0 Å². The average Bonchev–Trinajstić information content (AvgIpc) is 2.53. The molecule has 0 aromatic heterocycles. The van der Waals surface area contributed by atoms with Crippen molar-refractivity contribution in [1.29, 1.82) is 0 Å².